The number of sulfonamides is 1. The molecule has 1 aliphatic rings. The fraction of sp³-hybridized carbons (Fsp3) is 0.281. The summed E-state index contributed by atoms with van der Waals surface area (Å²) in [5, 5.41) is 2.48. The van der Waals surface area contributed by atoms with Crippen LogP contribution in [-0.4, -0.2) is 101 Å². The summed E-state index contributed by atoms with van der Waals surface area (Å²) in [5.41, 5.74) is 0. The molecule has 2 aromatic heterocycles. The Morgan fingerprint density at radius 2 is 1.60 bits per heavy atom. The summed E-state index contributed by atoms with van der Waals surface area (Å²) >= 11 is 0. The summed E-state index contributed by atoms with van der Waals surface area (Å²) in [4.78, 5) is 38.4. The lowest BCUT2D eigenvalue weighted by Gasteiger charge is -2.26. The maximum atomic E-state index is 13.7. The molecule has 18 heteroatoms. The van der Waals surface area contributed by atoms with Crippen LogP contribution < -0.4 is 33.7 Å². The molecule has 2 N–H and O–H groups in total. The Labute approximate surface area is 287 Å². The van der Waals surface area contributed by atoms with Crippen LogP contribution in [0.15, 0.2) is 78.1 Å². The van der Waals surface area contributed by atoms with E-state index in [1.807, 2.05) is 0 Å². The second kappa shape index (κ2) is 17.0. The van der Waals surface area contributed by atoms with Crippen LogP contribution >= 0.6 is 0 Å². The number of nitrogens with zero attached hydrogens (tertiary/aromatic N) is 4. The summed E-state index contributed by atoms with van der Waals surface area (Å²) in [6.07, 6.45) is 1.82. The highest BCUT2D eigenvalue weighted by Gasteiger charge is 2.25. The lowest BCUT2D eigenvalue weighted by atomic mass is 10.3. The highest BCUT2D eigenvalue weighted by Crippen LogP contribution is 2.40. The van der Waals surface area contributed by atoms with E-state index in [-0.39, 0.29) is 65.3 Å². The van der Waals surface area contributed by atoms with Crippen LogP contribution in [0.2, 0.25) is 0 Å². The number of amides is 2. The highest BCUT2D eigenvalue weighted by atomic mass is 32.2. The number of aromatic nitrogens is 3. The fourth-order valence-electron chi connectivity index (χ4n) is 4.45. The van der Waals surface area contributed by atoms with Gasteiger partial charge in [-0.1, -0.05) is 18.2 Å². The lowest BCUT2D eigenvalue weighted by molar-refractivity contribution is -0.137. The Balaban J connectivity index is 1.34. The molecule has 2 aromatic carbocycles. The zero-order valence-corrected chi connectivity index (χ0v) is 27.9. The van der Waals surface area contributed by atoms with Gasteiger partial charge in [0.15, 0.2) is 35.4 Å². The van der Waals surface area contributed by atoms with Crippen molar-refractivity contribution in [2.75, 3.05) is 70.4 Å². The first-order valence-corrected chi connectivity index (χ1v) is 16.6. The number of morpholine rings is 1. The number of methoxy groups -OCH3 is 2. The Bertz CT molecular complexity index is 1880. The summed E-state index contributed by atoms with van der Waals surface area (Å²) in [6, 6.07) is 15.5. The largest absolute Gasteiger partial charge is 0.493 e. The smallest absolute Gasteiger partial charge is 0.412 e. The minimum absolute atomic E-state index is 0.0290. The van der Waals surface area contributed by atoms with E-state index >= 15 is 0 Å². The number of para-hydroxylation sites is 2. The predicted molar refractivity (Wildman–Crippen MR) is 176 cm³/mol. The lowest BCUT2D eigenvalue weighted by Crippen LogP contribution is -2.43. The number of carbonyl (C=O) groups excluding carboxylic acids is 2. The number of ether oxygens (including phenoxy) is 7. The molecule has 1 saturated heterocycles. The summed E-state index contributed by atoms with van der Waals surface area (Å²) in [5.74, 6) is 0.130. The number of hydrogen-bond acceptors (Lipinski definition) is 14. The molecule has 4 aromatic rings. The van der Waals surface area contributed by atoms with Gasteiger partial charge in [-0.2, -0.15) is 4.98 Å². The van der Waals surface area contributed by atoms with Gasteiger partial charge in [0.2, 0.25) is 5.75 Å². The van der Waals surface area contributed by atoms with Crippen molar-refractivity contribution >= 4 is 33.7 Å². The van der Waals surface area contributed by atoms with Gasteiger partial charge in [-0.3, -0.25) is 14.8 Å². The Morgan fingerprint density at radius 3 is 2.34 bits per heavy atom. The number of carbonyl (C=O) groups is 2. The van der Waals surface area contributed by atoms with Gasteiger partial charge in [0.25, 0.3) is 21.8 Å². The molecular formula is C32H34N6O11S. The molecule has 50 heavy (non-hydrogen) atoms. The van der Waals surface area contributed by atoms with Crippen LogP contribution in [0.3, 0.4) is 0 Å². The van der Waals surface area contributed by atoms with Crippen molar-refractivity contribution in [3.05, 3.63) is 73.2 Å². The minimum atomic E-state index is -4.37. The number of benzene rings is 2. The van der Waals surface area contributed by atoms with Crippen LogP contribution in [0.25, 0.3) is 0 Å². The van der Waals surface area contributed by atoms with E-state index in [0.29, 0.717) is 37.9 Å². The standard InChI is InChI=1S/C32H34N6O11S/c1-43-23-7-3-4-8-25(23)49-29-30(34-21-35-31(29)46-17-18-47-32(40)36-27-9-5-6-12-33-27)37-50(41,42)22-10-11-24(44-2)26(19-22)48-20-28(39)38-13-15-45-16-14-38/h3-12,19,21H,13-18,20H2,1-2H3,(H,33,36,40)(H,34,35,37). The van der Waals surface area contributed by atoms with Crippen molar-refractivity contribution in [1.29, 1.82) is 0 Å². The van der Waals surface area contributed by atoms with Gasteiger partial charge in [0.1, 0.15) is 25.4 Å². The van der Waals surface area contributed by atoms with E-state index in [4.69, 9.17) is 33.2 Å². The third kappa shape index (κ3) is 9.38. The van der Waals surface area contributed by atoms with Gasteiger partial charge in [-0.25, -0.2) is 23.2 Å². The van der Waals surface area contributed by atoms with E-state index in [9.17, 15) is 18.0 Å². The summed E-state index contributed by atoms with van der Waals surface area (Å²) in [6.45, 7) is 0.955. The number of hydrogen-bond donors (Lipinski definition) is 2. The zero-order valence-electron chi connectivity index (χ0n) is 27.1. The first kappa shape index (κ1) is 35.4. The maximum absolute atomic E-state index is 13.7. The Kier molecular flexibility index (Phi) is 12.0. The minimum Gasteiger partial charge on any atom is -0.493 e. The number of anilines is 2. The molecule has 3 heterocycles. The SMILES string of the molecule is COc1ccc(S(=O)(=O)Nc2ncnc(OCCOC(=O)Nc3ccccn3)c2Oc2ccccc2OC)cc1OCC(=O)N1CCOCC1. The van der Waals surface area contributed by atoms with E-state index < -0.39 is 16.1 Å². The molecule has 0 bridgehead atoms. The molecular weight excluding hydrogens is 676 g/mol. The predicted octanol–water partition coefficient (Wildman–Crippen LogP) is 3.35. The number of pyridine rings is 1. The quantitative estimate of drug-likeness (QED) is 0.170. The Morgan fingerprint density at radius 1 is 0.860 bits per heavy atom. The Hall–Kier alpha value is -5.88. The van der Waals surface area contributed by atoms with Crippen LogP contribution in [0.1, 0.15) is 0 Å². The third-order valence-corrected chi connectivity index (χ3v) is 8.23. The van der Waals surface area contributed by atoms with Crippen LogP contribution in [0, 0.1) is 0 Å². The van der Waals surface area contributed by atoms with Gasteiger partial charge in [-0.15, -0.1) is 0 Å². The van der Waals surface area contributed by atoms with Crippen molar-refractivity contribution < 1.29 is 51.2 Å². The highest BCUT2D eigenvalue weighted by molar-refractivity contribution is 7.92. The molecule has 2 amide bonds. The van der Waals surface area contributed by atoms with Crippen molar-refractivity contribution in [3.63, 3.8) is 0 Å². The molecule has 0 spiro atoms. The van der Waals surface area contributed by atoms with Crippen LogP contribution in [0.5, 0.6) is 34.6 Å². The van der Waals surface area contributed by atoms with E-state index in [1.54, 1.807) is 47.4 Å². The number of nitrogens with one attached hydrogen (secondary N) is 2. The molecule has 0 aliphatic carbocycles. The fourth-order valence-corrected chi connectivity index (χ4v) is 5.48. The van der Waals surface area contributed by atoms with E-state index in [1.165, 1.54) is 38.6 Å². The monoisotopic (exact) mass is 710 g/mol. The summed E-state index contributed by atoms with van der Waals surface area (Å²) < 4.78 is 68.5. The molecule has 0 saturated carbocycles. The maximum Gasteiger partial charge on any atom is 0.412 e. The number of rotatable bonds is 15. The van der Waals surface area contributed by atoms with Gasteiger partial charge >= 0.3 is 6.09 Å². The average Bonchev–Trinajstić information content (AvgIpc) is 3.14. The first-order valence-electron chi connectivity index (χ1n) is 15.1. The molecule has 5 rings (SSSR count). The van der Waals surface area contributed by atoms with Gasteiger partial charge in [0, 0.05) is 25.4 Å². The van der Waals surface area contributed by atoms with Crippen molar-refractivity contribution in [2.24, 2.45) is 0 Å². The molecule has 0 unspecified atom stereocenters. The molecule has 0 radical (unpaired) electrons. The molecule has 1 fully saturated rings. The molecule has 1 aliphatic heterocycles. The van der Waals surface area contributed by atoms with Crippen LogP contribution in [-0.2, 0) is 24.3 Å². The van der Waals surface area contributed by atoms with E-state index in [0.717, 1.165) is 6.33 Å². The first-order chi connectivity index (χ1) is 24.3. The van der Waals surface area contributed by atoms with Gasteiger partial charge in [0.05, 0.1) is 32.3 Å². The molecule has 264 valence electrons. The van der Waals surface area contributed by atoms with Crippen molar-refractivity contribution in [1.82, 2.24) is 19.9 Å². The van der Waals surface area contributed by atoms with Crippen molar-refractivity contribution in [3.8, 4) is 34.6 Å². The second-order valence-corrected chi connectivity index (χ2v) is 11.8. The van der Waals surface area contributed by atoms with Crippen LogP contribution in [0.4, 0.5) is 16.4 Å². The van der Waals surface area contributed by atoms with E-state index in [2.05, 4.69) is 25.0 Å². The van der Waals surface area contributed by atoms with Gasteiger partial charge < -0.3 is 38.1 Å². The summed E-state index contributed by atoms with van der Waals surface area (Å²) in [7, 11) is -1.54. The van der Waals surface area contributed by atoms with Crippen molar-refractivity contribution in [2.45, 2.75) is 4.90 Å². The normalized spacial score (nSPS) is 12.7. The topological polar surface area (TPSA) is 199 Å². The molecule has 17 nitrogen and oxygen atoms in total. The third-order valence-electron chi connectivity index (χ3n) is 6.89. The zero-order chi connectivity index (χ0) is 35.3. The molecule has 0 atom stereocenters. The average molecular weight is 711 g/mol. The van der Waals surface area contributed by atoms with Gasteiger partial charge in [-0.05, 0) is 36.4 Å². The second-order valence-electron chi connectivity index (χ2n) is 10.1.